The molecule has 1 heterocycles. The van der Waals surface area contributed by atoms with Crippen LogP contribution in [0.4, 0.5) is 11.4 Å². The summed E-state index contributed by atoms with van der Waals surface area (Å²) in [6.07, 6.45) is 0. The zero-order valence-electron chi connectivity index (χ0n) is 13.2. The van der Waals surface area contributed by atoms with Crippen LogP contribution in [-0.4, -0.2) is 36.0 Å². The Morgan fingerprint density at radius 1 is 1.27 bits per heavy atom. The Labute approximate surface area is 161 Å². The maximum Gasteiger partial charge on any atom is 0.337 e. The second-order valence-electron chi connectivity index (χ2n) is 5.49. The van der Waals surface area contributed by atoms with Gasteiger partial charge in [-0.3, -0.25) is 4.79 Å². The van der Waals surface area contributed by atoms with Crippen molar-refractivity contribution in [3.63, 3.8) is 0 Å². The van der Waals surface area contributed by atoms with E-state index in [1.807, 2.05) is 0 Å². The molecule has 0 radical (unpaired) electrons. The van der Waals surface area contributed by atoms with Crippen molar-refractivity contribution in [2.75, 3.05) is 23.3 Å². The van der Waals surface area contributed by atoms with Gasteiger partial charge in [0.1, 0.15) is 6.54 Å². The molecule has 9 heteroatoms. The Hall–Kier alpha value is -2.58. The van der Waals surface area contributed by atoms with E-state index < -0.39 is 17.8 Å². The summed E-state index contributed by atoms with van der Waals surface area (Å²) in [5.74, 6) is -1.83. The van der Waals surface area contributed by atoms with Gasteiger partial charge in [0.15, 0.2) is 5.75 Å². The van der Waals surface area contributed by atoms with E-state index in [4.69, 9.17) is 16.3 Å². The second-order valence-corrected chi connectivity index (χ2v) is 6.84. The van der Waals surface area contributed by atoms with Crippen LogP contribution in [0.3, 0.4) is 0 Å². The van der Waals surface area contributed by atoms with E-state index >= 15 is 0 Å². The van der Waals surface area contributed by atoms with Crippen molar-refractivity contribution >= 4 is 56.8 Å². The molecular weight excluding hydrogens is 428 g/mol. The molecule has 1 aliphatic rings. The van der Waals surface area contributed by atoms with Gasteiger partial charge in [0.05, 0.1) is 23.5 Å². The monoisotopic (exact) mass is 438 g/mol. The molecule has 3 rings (SSSR count). The maximum atomic E-state index is 12.4. The molecule has 0 saturated carbocycles. The van der Waals surface area contributed by atoms with Gasteiger partial charge in [0.2, 0.25) is 5.91 Å². The molecule has 0 aliphatic carbocycles. The van der Waals surface area contributed by atoms with Crippen molar-refractivity contribution in [1.29, 1.82) is 0 Å². The third-order valence-corrected chi connectivity index (χ3v) is 4.35. The molecule has 0 atom stereocenters. The van der Waals surface area contributed by atoms with Crippen LogP contribution in [0.2, 0.25) is 5.02 Å². The lowest BCUT2D eigenvalue weighted by atomic mass is 10.1. The number of carbonyl (C=O) groups is 3. The van der Waals surface area contributed by atoms with Gasteiger partial charge in [-0.15, -0.1) is 0 Å². The van der Waals surface area contributed by atoms with Crippen LogP contribution in [0, 0.1) is 0 Å². The smallest absolute Gasteiger partial charge is 0.337 e. The number of rotatable bonds is 4. The quantitative estimate of drug-likeness (QED) is 0.561. The summed E-state index contributed by atoms with van der Waals surface area (Å²) in [6, 6.07) is 9.23. The highest BCUT2D eigenvalue weighted by Gasteiger charge is 2.26. The fraction of sp³-hybridized carbons (Fsp3) is 0.118. The Balaban J connectivity index is 1.80. The first-order chi connectivity index (χ1) is 12.3. The molecule has 0 aromatic heterocycles. The fourth-order valence-corrected chi connectivity index (χ4v) is 3.05. The molecule has 1 aliphatic heterocycles. The molecule has 7 nitrogen and oxygen atoms in total. The Morgan fingerprint density at radius 2 is 2.04 bits per heavy atom. The number of benzene rings is 2. The van der Waals surface area contributed by atoms with Gasteiger partial charge < -0.3 is 20.1 Å². The van der Waals surface area contributed by atoms with Crippen molar-refractivity contribution in [2.45, 2.75) is 0 Å². The molecule has 2 N–H and O–H groups in total. The van der Waals surface area contributed by atoms with E-state index in [0.717, 1.165) is 0 Å². The zero-order valence-corrected chi connectivity index (χ0v) is 15.5. The van der Waals surface area contributed by atoms with Crippen LogP contribution in [0.15, 0.2) is 40.9 Å². The van der Waals surface area contributed by atoms with Crippen LogP contribution >= 0.6 is 27.5 Å². The number of nitrogens with zero attached hydrogens (tertiary/aromatic N) is 1. The second kappa shape index (κ2) is 7.35. The molecule has 2 aromatic carbocycles. The number of amides is 1. The van der Waals surface area contributed by atoms with E-state index in [1.54, 1.807) is 24.3 Å². The fourth-order valence-electron chi connectivity index (χ4n) is 2.53. The lowest BCUT2D eigenvalue weighted by Gasteiger charge is -2.29. The number of hydrogen-bond acceptors (Lipinski definition) is 5. The van der Waals surface area contributed by atoms with Crippen molar-refractivity contribution < 1.29 is 24.2 Å². The normalized spacial score (nSPS) is 13.0. The van der Waals surface area contributed by atoms with Gasteiger partial charge in [-0.1, -0.05) is 27.5 Å². The molecule has 26 heavy (non-hydrogen) atoms. The summed E-state index contributed by atoms with van der Waals surface area (Å²) in [4.78, 5) is 37.0. The minimum atomic E-state index is -1.17. The maximum absolute atomic E-state index is 12.4. The van der Waals surface area contributed by atoms with Crippen molar-refractivity contribution in [1.82, 2.24) is 0 Å². The van der Waals surface area contributed by atoms with E-state index in [1.165, 1.54) is 17.0 Å². The van der Waals surface area contributed by atoms with E-state index in [0.29, 0.717) is 20.9 Å². The van der Waals surface area contributed by atoms with Crippen LogP contribution < -0.4 is 15.0 Å². The van der Waals surface area contributed by atoms with Gasteiger partial charge in [-0.2, -0.15) is 0 Å². The van der Waals surface area contributed by atoms with Gasteiger partial charge >= 0.3 is 11.9 Å². The molecular formula is C17H12BrClN2O5. The summed E-state index contributed by atoms with van der Waals surface area (Å²) >= 11 is 9.17. The minimum Gasteiger partial charge on any atom is -0.478 e. The lowest BCUT2D eigenvalue weighted by molar-refractivity contribution is -0.133. The highest BCUT2D eigenvalue weighted by atomic mass is 79.9. The van der Waals surface area contributed by atoms with Crippen LogP contribution in [0.1, 0.15) is 10.4 Å². The number of esters is 1. The summed E-state index contributed by atoms with van der Waals surface area (Å²) in [5.41, 5.74) is 0.632. The standard InChI is InChI=1S/C17H12BrClN2O5/c18-9-1-3-12(11(5-9)17(24)25)20-15(22)7-21-8-16(23)26-14-4-2-10(19)6-13(14)21/h1-6H,7-8H2,(H,20,22)(H,24,25). The van der Waals surface area contributed by atoms with Gasteiger partial charge in [0, 0.05) is 9.50 Å². The topological polar surface area (TPSA) is 95.9 Å². The number of anilines is 2. The summed E-state index contributed by atoms with van der Waals surface area (Å²) < 4.78 is 5.71. The number of carboxylic acid groups (broad SMARTS) is 1. The van der Waals surface area contributed by atoms with E-state index in [9.17, 15) is 19.5 Å². The number of ether oxygens (including phenoxy) is 1. The van der Waals surface area contributed by atoms with Crippen molar-refractivity contribution in [3.8, 4) is 5.75 Å². The van der Waals surface area contributed by atoms with Crippen molar-refractivity contribution in [3.05, 3.63) is 51.5 Å². The first-order valence-electron chi connectivity index (χ1n) is 7.41. The highest BCUT2D eigenvalue weighted by molar-refractivity contribution is 9.10. The number of hydrogen-bond donors (Lipinski definition) is 2. The predicted octanol–water partition coefficient (Wildman–Crippen LogP) is 3.16. The average Bonchev–Trinajstić information content (AvgIpc) is 2.57. The third kappa shape index (κ3) is 3.97. The summed E-state index contributed by atoms with van der Waals surface area (Å²) in [5, 5.41) is 12.3. The van der Waals surface area contributed by atoms with Gasteiger partial charge in [0.25, 0.3) is 0 Å². The molecule has 0 unspecified atom stereocenters. The number of halogens is 2. The molecule has 2 aromatic rings. The highest BCUT2D eigenvalue weighted by Crippen LogP contribution is 2.34. The predicted molar refractivity (Wildman–Crippen MR) is 99.0 cm³/mol. The number of fused-ring (bicyclic) bond motifs is 1. The SMILES string of the molecule is O=C(CN1CC(=O)Oc2ccc(Cl)cc21)Nc1ccc(Br)cc1C(=O)O. The Bertz CT molecular complexity index is 918. The Morgan fingerprint density at radius 3 is 2.77 bits per heavy atom. The van der Waals surface area contributed by atoms with E-state index in [2.05, 4.69) is 21.2 Å². The Kier molecular flexibility index (Phi) is 5.15. The van der Waals surface area contributed by atoms with Crippen molar-refractivity contribution in [2.24, 2.45) is 0 Å². The minimum absolute atomic E-state index is 0.0470. The largest absolute Gasteiger partial charge is 0.478 e. The molecule has 134 valence electrons. The first kappa shape index (κ1) is 18.2. The van der Waals surface area contributed by atoms with Crippen LogP contribution in [-0.2, 0) is 9.59 Å². The van der Waals surface area contributed by atoms with Gasteiger partial charge in [-0.05, 0) is 36.4 Å². The molecule has 1 amide bonds. The number of carboxylic acids is 1. The molecule has 0 fully saturated rings. The molecule has 0 spiro atoms. The lowest BCUT2D eigenvalue weighted by Crippen LogP contribution is -2.41. The summed E-state index contributed by atoms with van der Waals surface area (Å²) in [7, 11) is 0. The van der Waals surface area contributed by atoms with E-state index in [-0.39, 0.29) is 24.3 Å². The number of nitrogens with one attached hydrogen (secondary N) is 1. The number of aromatic carboxylic acids is 1. The van der Waals surface area contributed by atoms with Gasteiger partial charge in [-0.25, -0.2) is 9.59 Å². The van der Waals surface area contributed by atoms with Crippen LogP contribution in [0.5, 0.6) is 5.75 Å². The third-order valence-electron chi connectivity index (χ3n) is 3.63. The summed E-state index contributed by atoms with van der Waals surface area (Å²) in [6.45, 7) is -0.287. The number of carbonyl (C=O) groups excluding carboxylic acids is 2. The molecule has 0 bridgehead atoms. The van der Waals surface area contributed by atoms with Crippen LogP contribution in [0.25, 0.3) is 0 Å². The zero-order chi connectivity index (χ0) is 18.8. The first-order valence-corrected chi connectivity index (χ1v) is 8.58. The average molecular weight is 440 g/mol. The molecule has 0 saturated heterocycles.